The zero-order valence-electron chi connectivity index (χ0n) is 30.1. The Labute approximate surface area is 321 Å². The van der Waals surface area contributed by atoms with Gasteiger partial charge in [-0.2, -0.15) is 0 Å². The van der Waals surface area contributed by atoms with Crippen molar-refractivity contribution in [2.24, 2.45) is 0 Å². The molecular formula is C53H35NO. The molecule has 0 fully saturated rings. The summed E-state index contributed by atoms with van der Waals surface area (Å²) in [7, 11) is 0. The van der Waals surface area contributed by atoms with E-state index in [0.717, 1.165) is 45.3 Å². The van der Waals surface area contributed by atoms with Crippen LogP contribution in [0.5, 0.6) is 11.5 Å². The van der Waals surface area contributed by atoms with Gasteiger partial charge in [0.25, 0.3) is 0 Å². The first kappa shape index (κ1) is 31.4. The molecule has 2 heteroatoms. The van der Waals surface area contributed by atoms with Crippen molar-refractivity contribution in [3.8, 4) is 44.9 Å². The SMILES string of the molecule is c1ccc(-c2ccc(N(c3ccc4c(c3)C3(c5ccccc5O4)c4ccccc4-c4c3ccc3ccccc43)c3ccccc3-c3ccccc3)cc2)cc1. The molecule has 1 atom stereocenters. The molecule has 2 nitrogen and oxygen atoms in total. The average Bonchev–Trinajstić information content (AvgIpc) is 3.56. The van der Waals surface area contributed by atoms with Gasteiger partial charge in [0.15, 0.2) is 0 Å². The van der Waals surface area contributed by atoms with Crippen LogP contribution in [0.2, 0.25) is 0 Å². The van der Waals surface area contributed by atoms with Gasteiger partial charge in [0.1, 0.15) is 11.5 Å². The van der Waals surface area contributed by atoms with Gasteiger partial charge >= 0.3 is 0 Å². The highest BCUT2D eigenvalue weighted by molar-refractivity contribution is 6.04. The fourth-order valence-electron chi connectivity index (χ4n) is 9.19. The molecule has 0 N–H and O–H groups in total. The number of para-hydroxylation sites is 2. The van der Waals surface area contributed by atoms with E-state index in [0.29, 0.717) is 0 Å². The van der Waals surface area contributed by atoms with Gasteiger partial charge in [-0.1, -0.05) is 170 Å². The zero-order valence-corrected chi connectivity index (χ0v) is 30.1. The number of hydrogen-bond donors (Lipinski definition) is 0. The van der Waals surface area contributed by atoms with Crippen molar-refractivity contribution in [1.29, 1.82) is 0 Å². The second-order valence-corrected chi connectivity index (χ2v) is 14.4. The molecule has 9 aromatic carbocycles. The van der Waals surface area contributed by atoms with Crippen molar-refractivity contribution in [1.82, 2.24) is 0 Å². The van der Waals surface area contributed by atoms with Gasteiger partial charge in [-0.15, -0.1) is 0 Å². The van der Waals surface area contributed by atoms with Gasteiger partial charge in [-0.3, -0.25) is 0 Å². The van der Waals surface area contributed by atoms with Crippen molar-refractivity contribution >= 4 is 27.8 Å². The molecule has 0 radical (unpaired) electrons. The topological polar surface area (TPSA) is 12.5 Å². The number of ether oxygens (including phenoxy) is 1. The average molecular weight is 702 g/mol. The van der Waals surface area contributed by atoms with Crippen LogP contribution in [-0.4, -0.2) is 0 Å². The quantitative estimate of drug-likeness (QED) is 0.177. The van der Waals surface area contributed by atoms with Gasteiger partial charge in [-0.05, 0) is 92.2 Å². The van der Waals surface area contributed by atoms with Gasteiger partial charge in [0.05, 0.1) is 11.1 Å². The lowest BCUT2D eigenvalue weighted by Crippen LogP contribution is -2.32. The molecule has 2 aliphatic rings. The summed E-state index contributed by atoms with van der Waals surface area (Å²) in [5.74, 6) is 1.76. The molecule has 0 bridgehead atoms. The summed E-state index contributed by atoms with van der Waals surface area (Å²) in [5, 5.41) is 2.51. The van der Waals surface area contributed by atoms with E-state index in [1.165, 1.54) is 49.7 Å². The molecule has 1 spiro atoms. The fourth-order valence-corrected chi connectivity index (χ4v) is 9.19. The van der Waals surface area contributed by atoms with E-state index in [1.54, 1.807) is 0 Å². The smallest absolute Gasteiger partial charge is 0.132 e. The third-order valence-electron chi connectivity index (χ3n) is 11.5. The number of hydrogen-bond acceptors (Lipinski definition) is 2. The number of nitrogens with zero attached hydrogens (tertiary/aromatic N) is 1. The zero-order chi connectivity index (χ0) is 36.3. The van der Waals surface area contributed by atoms with Gasteiger partial charge in [-0.25, -0.2) is 0 Å². The fraction of sp³-hybridized carbons (Fsp3) is 0.0189. The van der Waals surface area contributed by atoms with Crippen LogP contribution in [0.4, 0.5) is 17.1 Å². The molecule has 0 saturated carbocycles. The second kappa shape index (κ2) is 12.5. The highest BCUT2D eigenvalue weighted by Crippen LogP contribution is 2.63. The first-order chi connectivity index (χ1) is 27.3. The van der Waals surface area contributed by atoms with Gasteiger partial charge in [0.2, 0.25) is 0 Å². The van der Waals surface area contributed by atoms with Crippen LogP contribution in [0, 0.1) is 0 Å². The van der Waals surface area contributed by atoms with Crippen molar-refractivity contribution < 1.29 is 4.74 Å². The van der Waals surface area contributed by atoms with Crippen molar-refractivity contribution in [3.05, 3.63) is 235 Å². The third kappa shape index (κ3) is 4.75. The maximum absolute atomic E-state index is 6.87. The molecule has 258 valence electrons. The third-order valence-corrected chi connectivity index (χ3v) is 11.5. The van der Waals surface area contributed by atoms with E-state index in [4.69, 9.17) is 4.74 Å². The molecule has 55 heavy (non-hydrogen) atoms. The molecule has 0 aromatic heterocycles. The maximum atomic E-state index is 6.87. The van der Waals surface area contributed by atoms with Crippen LogP contribution >= 0.6 is 0 Å². The maximum Gasteiger partial charge on any atom is 0.132 e. The summed E-state index contributed by atoms with van der Waals surface area (Å²) >= 11 is 0. The van der Waals surface area contributed by atoms with E-state index in [1.807, 2.05) is 0 Å². The van der Waals surface area contributed by atoms with Crippen LogP contribution in [-0.2, 0) is 5.41 Å². The van der Waals surface area contributed by atoms with Crippen molar-refractivity contribution in [2.75, 3.05) is 4.90 Å². The van der Waals surface area contributed by atoms with Crippen LogP contribution in [0.25, 0.3) is 44.2 Å². The molecule has 1 aliphatic carbocycles. The number of fused-ring (bicyclic) bond motifs is 11. The van der Waals surface area contributed by atoms with Crippen LogP contribution in [0.1, 0.15) is 22.3 Å². The summed E-state index contributed by atoms with van der Waals surface area (Å²) in [4.78, 5) is 2.41. The lowest BCUT2D eigenvalue weighted by molar-refractivity contribution is 0.436. The Bertz CT molecular complexity index is 2900. The minimum Gasteiger partial charge on any atom is -0.457 e. The Kier molecular flexibility index (Phi) is 7.11. The Balaban J connectivity index is 1.19. The molecule has 11 rings (SSSR count). The summed E-state index contributed by atoms with van der Waals surface area (Å²) in [6.07, 6.45) is 0. The molecule has 1 aliphatic heterocycles. The normalized spacial score (nSPS) is 14.8. The van der Waals surface area contributed by atoms with Crippen LogP contribution in [0.3, 0.4) is 0 Å². The number of anilines is 3. The Morgan fingerprint density at radius 1 is 0.364 bits per heavy atom. The highest BCUT2D eigenvalue weighted by Gasteiger charge is 2.51. The summed E-state index contributed by atoms with van der Waals surface area (Å²) in [6, 6.07) is 76.8. The van der Waals surface area contributed by atoms with Crippen molar-refractivity contribution in [3.63, 3.8) is 0 Å². The van der Waals surface area contributed by atoms with E-state index in [9.17, 15) is 0 Å². The first-order valence-corrected chi connectivity index (χ1v) is 18.9. The van der Waals surface area contributed by atoms with Gasteiger partial charge < -0.3 is 9.64 Å². The molecule has 1 heterocycles. The van der Waals surface area contributed by atoms with Gasteiger partial charge in [0, 0.05) is 28.1 Å². The first-order valence-electron chi connectivity index (χ1n) is 18.9. The predicted octanol–water partition coefficient (Wildman–Crippen LogP) is 14.1. The standard InChI is InChI=1S/C53H35NO/c1-3-15-36(16-4-1)37-27-30-40(31-28-37)54(49-25-13-10-20-42(49)38-17-5-2-6-18-38)41-32-34-51-48(35-41)53(46-24-12-14-26-50(46)55-51)45-23-11-9-22-44(45)52-43-21-8-7-19-39(43)29-33-47(52)53/h1-35H. The minimum absolute atomic E-state index is 0.599. The Morgan fingerprint density at radius 2 is 0.964 bits per heavy atom. The largest absolute Gasteiger partial charge is 0.457 e. The second-order valence-electron chi connectivity index (χ2n) is 14.4. The van der Waals surface area contributed by atoms with E-state index >= 15 is 0 Å². The van der Waals surface area contributed by atoms with E-state index in [-0.39, 0.29) is 0 Å². The van der Waals surface area contributed by atoms with E-state index in [2.05, 4.69) is 217 Å². The molecule has 0 amide bonds. The summed E-state index contributed by atoms with van der Waals surface area (Å²) in [6.45, 7) is 0. The molecular weight excluding hydrogens is 667 g/mol. The molecule has 0 saturated heterocycles. The number of benzene rings is 9. The Hall–Kier alpha value is -7.16. The molecule has 9 aromatic rings. The highest BCUT2D eigenvalue weighted by atomic mass is 16.5. The number of rotatable bonds is 5. The summed E-state index contributed by atoms with van der Waals surface area (Å²) in [5.41, 5.74) is 14.8. The lowest BCUT2D eigenvalue weighted by Gasteiger charge is -2.40. The monoisotopic (exact) mass is 701 g/mol. The van der Waals surface area contributed by atoms with Crippen molar-refractivity contribution in [2.45, 2.75) is 5.41 Å². The van der Waals surface area contributed by atoms with Crippen LogP contribution < -0.4 is 9.64 Å². The van der Waals surface area contributed by atoms with Crippen LogP contribution in [0.15, 0.2) is 212 Å². The summed E-state index contributed by atoms with van der Waals surface area (Å²) < 4.78 is 6.87. The Morgan fingerprint density at radius 3 is 1.78 bits per heavy atom. The predicted molar refractivity (Wildman–Crippen MR) is 227 cm³/mol. The minimum atomic E-state index is -0.599. The molecule has 1 unspecified atom stereocenters. The van der Waals surface area contributed by atoms with E-state index < -0.39 is 5.41 Å². The lowest BCUT2D eigenvalue weighted by atomic mass is 9.66.